The third-order valence-electron chi connectivity index (χ3n) is 5.02. The van der Waals surface area contributed by atoms with E-state index in [4.69, 9.17) is 16.3 Å². The Morgan fingerprint density at radius 2 is 1.76 bits per heavy atom. The highest BCUT2D eigenvalue weighted by Gasteiger charge is 2.40. The van der Waals surface area contributed by atoms with E-state index in [2.05, 4.69) is 15.6 Å². The molecule has 10 heteroatoms. The van der Waals surface area contributed by atoms with Crippen LogP contribution in [0.2, 0.25) is 0 Å². The Morgan fingerprint density at radius 3 is 2.39 bits per heavy atom. The quantitative estimate of drug-likeness (QED) is 0.503. The Labute approximate surface area is 198 Å². The predicted octanol–water partition coefficient (Wildman–Crippen LogP) is 4.46. The van der Waals surface area contributed by atoms with Gasteiger partial charge >= 0.3 is 0 Å². The van der Waals surface area contributed by atoms with Gasteiger partial charge in [0.1, 0.15) is 16.5 Å². The molecule has 0 bridgehead atoms. The van der Waals surface area contributed by atoms with Crippen LogP contribution < -0.4 is 20.3 Å². The van der Waals surface area contributed by atoms with Gasteiger partial charge in [-0.3, -0.25) is 19.7 Å². The molecule has 0 radical (unpaired) electrons. The second-order valence-electron chi connectivity index (χ2n) is 7.12. The standard InChI is InChI=1S/C23H19ClN4O4S/c1-12-13(2)33-23(25-12)27-20(29)14-8-10-15(11-9-14)26-19-18(24)21(30)28(22(19)31)16-6-4-5-7-17(16)32-3/h4-11,26H,1-3H3,(H,25,27,29). The smallest absolute Gasteiger partial charge is 0.283 e. The first kappa shape index (κ1) is 22.5. The lowest BCUT2D eigenvalue weighted by atomic mass is 10.2. The molecule has 0 fully saturated rings. The van der Waals surface area contributed by atoms with E-state index in [9.17, 15) is 14.4 Å². The van der Waals surface area contributed by atoms with Crippen molar-refractivity contribution in [2.75, 3.05) is 22.6 Å². The highest BCUT2D eigenvalue weighted by atomic mass is 35.5. The van der Waals surface area contributed by atoms with Crippen LogP contribution in [0.4, 0.5) is 16.5 Å². The van der Waals surface area contributed by atoms with Crippen LogP contribution in [0.15, 0.2) is 59.3 Å². The molecule has 8 nitrogen and oxygen atoms in total. The van der Waals surface area contributed by atoms with Crippen molar-refractivity contribution >= 4 is 57.2 Å². The van der Waals surface area contributed by atoms with E-state index < -0.39 is 11.8 Å². The van der Waals surface area contributed by atoms with Gasteiger partial charge in [0.25, 0.3) is 17.7 Å². The number of nitrogens with one attached hydrogen (secondary N) is 2. The zero-order valence-electron chi connectivity index (χ0n) is 17.9. The monoisotopic (exact) mass is 482 g/mol. The first-order valence-corrected chi connectivity index (χ1v) is 11.0. The van der Waals surface area contributed by atoms with Crippen LogP contribution in [0.3, 0.4) is 0 Å². The molecule has 4 rings (SSSR count). The number of para-hydroxylation sites is 2. The summed E-state index contributed by atoms with van der Waals surface area (Å²) in [6.07, 6.45) is 0. The Kier molecular flexibility index (Phi) is 6.17. The van der Waals surface area contributed by atoms with Gasteiger partial charge < -0.3 is 10.1 Å². The molecule has 3 amide bonds. The van der Waals surface area contributed by atoms with E-state index in [1.54, 1.807) is 48.5 Å². The van der Waals surface area contributed by atoms with Gasteiger partial charge in [0.2, 0.25) is 0 Å². The van der Waals surface area contributed by atoms with Crippen molar-refractivity contribution in [2.45, 2.75) is 13.8 Å². The van der Waals surface area contributed by atoms with Crippen molar-refractivity contribution in [1.82, 2.24) is 4.98 Å². The molecular weight excluding hydrogens is 464 g/mol. The Morgan fingerprint density at radius 1 is 1.06 bits per heavy atom. The molecule has 2 heterocycles. The maximum Gasteiger partial charge on any atom is 0.283 e. The summed E-state index contributed by atoms with van der Waals surface area (Å²) in [6, 6.07) is 13.1. The number of carbonyl (C=O) groups is 3. The fourth-order valence-corrected chi connectivity index (χ4v) is 4.21. The molecule has 33 heavy (non-hydrogen) atoms. The van der Waals surface area contributed by atoms with Crippen molar-refractivity contribution in [3.63, 3.8) is 0 Å². The second kappa shape index (κ2) is 9.05. The molecular formula is C23H19ClN4O4S. The predicted molar refractivity (Wildman–Crippen MR) is 128 cm³/mol. The van der Waals surface area contributed by atoms with E-state index in [-0.39, 0.29) is 16.6 Å². The Balaban J connectivity index is 1.50. The fourth-order valence-electron chi connectivity index (χ4n) is 3.19. The summed E-state index contributed by atoms with van der Waals surface area (Å²) in [5.74, 6) is -1.20. The number of benzene rings is 2. The van der Waals surface area contributed by atoms with Crippen LogP contribution in [-0.4, -0.2) is 29.8 Å². The van der Waals surface area contributed by atoms with Crippen LogP contribution in [-0.2, 0) is 9.59 Å². The van der Waals surface area contributed by atoms with Crippen LogP contribution >= 0.6 is 22.9 Å². The number of nitrogens with zero attached hydrogens (tertiary/aromatic N) is 2. The highest BCUT2D eigenvalue weighted by molar-refractivity contribution is 7.15. The molecule has 1 aliphatic rings. The molecule has 3 aromatic rings. The van der Waals surface area contributed by atoms with E-state index in [1.807, 2.05) is 13.8 Å². The van der Waals surface area contributed by atoms with Crippen molar-refractivity contribution in [1.29, 1.82) is 0 Å². The number of hydrogen-bond donors (Lipinski definition) is 2. The van der Waals surface area contributed by atoms with Crippen molar-refractivity contribution < 1.29 is 19.1 Å². The molecule has 0 saturated heterocycles. The van der Waals surface area contributed by atoms with Gasteiger partial charge in [0.05, 0.1) is 18.5 Å². The maximum absolute atomic E-state index is 13.0. The number of hydrogen-bond acceptors (Lipinski definition) is 7. The highest BCUT2D eigenvalue weighted by Crippen LogP contribution is 2.35. The summed E-state index contributed by atoms with van der Waals surface area (Å²) in [6.45, 7) is 3.82. The van der Waals surface area contributed by atoms with Gasteiger partial charge in [-0.05, 0) is 50.2 Å². The second-order valence-corrected chi connectivity index (χ2v) is 8.70. The minimum absolute atomic E-state index is 0.0569. The maximum atomic E-state index is 13.0. The zero-order chi connectivity index (χ0) is 23.7. The Hall–Kier alpha value is -3.69. The zero-order valence-corrected chi connectivity index (χ0v) is 19.5. The van der Waals surface area contributed by atoms with Crippen LogP contribution in [0.1, 0.15) is 20.9 Å². The number of aromatic nitrogens is 1. The summed E-state index contributed by atoms with van der Waals surface area (Å²) in [4.78, 5) is 44.5. The van der Waals surface area contributed by atoms with Crippen molar-refractivity contribution in [3.05, 3.63) is 75.4 Å². The van der Waals surface area contributed by atoms with Crippen molar-refractivity contribution in [3.8, 4) is 5.75 Å². The first-order chi connectivity index (χ1) is 15.8. The van der Waals surface area contributed by atoms with Crippen LogP contribution in [0, 0.1) is 13.8 Å². The van der Waals surface area contributed by atoms with Crippen LogP contribution in [0.25, 0.3) is 0 Å². The minimum Gasteiger partial charge on any atom is -0.495 e. The minimum atomic E-state index is -0.654. The number of thiazole rings is 1. The summed E-state index contributed by atoms with van der Waals surface area (Å²) in [5, 5.41) is 5.95. The van der Waals surface area contributed by atoms with E-state index in [0.29, 0.717) is 27.8 Å². The average Bonchev–Trinajstić information content (AvgIpc) is 3.23. The van der Waals surface area contributed by atoms with E-state index in [0.717, 1.165) is 15.5 Å². The number of imide groups is 1. The molecule has 0 saturated carbocycles. The molecule has 1 aliphatic heterocycles. The van der Waals surface area contributed by atoms with Crippen molar-refractivity contribution in [2.24, 2.45) is 0 Å². The normalized spacial score (nSPS) is 13.5. The molecule has 0 unspecified atom stereocenters. The first-order valence-electron chi connectivity index (χ1n) is 9.84. The number of aryl methyl sites for hydroxylation is 2. The summed E-state index contributed by atoms with van der Waals surface area (Å²) in [7, 11) is 1.45. The van der Waals surface area contributed by atoms with Crippen LogP contribution in [0.5, 0.6) is 5.75 Å². The van der Waals surface area contributed by atoms with Gasteiger partial charge in [-0.1, -0.05) is 23.7 Å². The van der Waals surface area contributed by atoms with Gasteiger partial charge in [-0.25, -0.2) is 9.88 Å². The lowest BCUT2D eigenvalue weighted by molar-refractivity contribution is -0.120. The summed E-state index contributed by atoms with van der Waals surface area (Å²) in [5.41, 5.74) is 2.01. The third-order valence-corrected chi connectivity index (χ3v) is 6.36. The Bertz CT molecular complexity index is 1280. The summed E-state index contributed by atoms with van der Waals surface area (Å²) >= 11 is 7.60. The molecule has 0 aliphatic carbocycles. The summed E-state index contributed by atoms with van der Waals surface area (Å²) < 4.78 is 5.26. The molecule has 168 valence electrons. The molecule has 1 aromatic heterocycles. The number of anilines is 3. The van der Waals surface area contributed by atoms with E-state index in [1.165, 1.54) is 18.4 Å². The molecule has 0 atom stereocenters. The number of rotatable bonds is 6. The average molecular weight is 483 g/mol. The van der Waals surface area contributed by atoms with E-state index >= 15 is 0 Å². The number of halogens is 1. The SMILES string of the molecule is COc1ccccc1N1C(=O)C(Cl)=C(Nc2ccc(C(=O)Nc3nc(C)c(C)s3)cc2)C1=O. The lowest BCUT2D eigenvalue weighted by Crippen LogP contribution is -2.32. The van der Waals surface area contributed by atoms with Gasteiger partial charge in [-0.2, -0.15) is 0 Å². The number of amides is 3. The fraction of sp³-hybridized carbons (Fsp3) is 0.130. The number of carbonyl (C=O) groups excluding carboxylic acids is 3. The lowest BCUT2D eigenvalue weighted by Gasteiger charge is -2.17. The van der Waals surface area contributed by atoms with Gasteiger partial charge in [0, 0.05) is 16.1 Å². The number of methoxy groups -OCH3 is 1. The molecule has 2 aromatic carbocycles. The number of ether oxygens (including phenoxy) is 1. The topological polar surface area (TPSA) is 101 Å². The van der Waals surface area contributed by atoms with Gasteiger partial charge in [0.15, 0.2) is 5.13 Å². The molecule has 2 N–H and O–H groups in total. The third kappa shape index (κ3) is 4.33. The largest absolute Gasteiger partial charge is 0.495 e. The molecule has 0 spiro atoms. The van der Waals surface area contributed by atoms with Gasteiger partial charge in [-0.15, -0.1) is 11.3 Å².